The van der Waals surface area contributed by atoms with E-state index in [1.165, 1.54) is 0 Å². The van der Waals surface area contributed by atoms with Gasteiger partial charge in [0.1, 0.15) is 5.54 Å². The Morgan fingerprint density at radius 1 is 1.41 bits per heavy atom. The van der Waals surface area contributed by atoms with Gasteiger partial charge in [-0.1, -0.05) is 6.92 Å². The van der Waals surface area contributed by atoms with Crippen molar-refractivity contribution in [1.29, 1.82) is 0 Å². The van der Waals surface area contributed by atoms with Crippen LogP contribution >= 0.6 is 0 Å². The molecule has 4 nitrogen and oxygen atoms in total. The summed E-state index contributed by atoms with van der Waals surface area (Å²) in [5, 5.41) is 0. The van der Waals surface area contributed by atoms with Crippen LogP contribution in [-0.4, -0.2) is 42.1 Å². The van der Waals surface area contributed by atoms with Crippen LogP contribution in [-0.2, 0) is 9.53 Å². The Morgan fingerprint density at radius 3 is 2.41 bits per heavy atom. The first-order chi connectivity index (χ1) is 7.85. The Bertz CT molecular complexity index is 227. The average molecular weight is 244 g/mol. The molecule has 0 spiro atoms. The number of nitrogens with zero attached hydrogens (tertiary/aromatic N) is 1. The molecule has 0 saturated heterocycles. The third-order valence-electron chi connectivity index (χ3n) is 3.02. The van der Waals surface area contributed by atoms with Gasteiger partial charge in [0.25, 0.3) is 0 Å². The van der Waals surface area contributed by atoms with Gasteiger partial charge in [0.05, 0.1) is 6.61 Å². The fourth-order valence-electron chi connectivity index (χ4n) is 1.83. The third kappa shape index (κ3) is 6.03. The fraction of sp³-hybridized carbons (Fsp3) is 0.923. The first-order valence-corrected chi connectivity index (χ1v) is 6.55. The van der Waals surface area contributed by atoms with E-state index in [9.17, 15) is 4.79 Å². The summed E-state index contributed by atoms with van der Waals surface area (Å²) < 4.78 is 4.96. The summed E-state index contributed by atoms with van der Waals surface area (Å²) in [5.74, 6) is -0.299. The molecule has 102 valence electrons. The summed E-state index contributed by atoms with van der Waals surface area (Å²) in [5.41, 5.74) is 5.10. The largest absolute Gasteiger partial charge is 0.465 e. The van der Waals surface area contributed by atoms with E-state index in [0.29, 0.717) is 19.1 Å². The van der Waals surface area contributed by atoms with E-state index in [1.807, 2.05) is 0 Å². The number of esters is 1. The van der Waals surface area contributed by atoms with Crippen molar-refractivity contribution in [2.45, 2.75) is 59.0 Å². The Kier molecular flexibility index (Phi) is 7.39. The van der Waals surface area contributed by atoms with Gasteiger partial charge in [0.15, 0.2) is 0 Å². The van der Waals surface area contributed by atoms with Gasteiger partial charge >= 0.3 is 5.97 Å². The van der Waals surface area contributed by atoms with Gasteiger partial charge in [-0.15, -0.1) is 0 Å². The smallest absolute Gasteiger partial charge is 0.325 e. The van der Waals surface area contributed by atoms with E-state index >= 15 is 0 Å². The summed E-state index contributed by atoms with van der Waals surface area (Å²) in [6.45, 7) is 12.4. The Labute approximate surface area is 105 Å². The average Bonchev–Trinajstić information content (AvgIpc) is 2.24. The zero-order valence-electron chi connectivity index (χ0n) is 12.0. The van der Waals surface area contributed by atoms with Gasteiger partial charge in [-0.05, 0) is 53.6 Å². The molecule has 0 aliphatic carbocycles. The first-order valence-electron chi connectivity index (χ1n) is 6.55. The Hall–Kier alpha value is -0.610. The maximum absolute atomic E-state index is 11.6. The van der Waals surface area contributed by atoms with Crippen LogP contribution in [0.3, 0.4) is 0 Å². The highest BCUT2D eigenvalue weighted by Gasteiger charge is 2.29. The number of carbonyl (C=O) groups is 1. The van der Waals surface area contributed by atoms with Gasteiger partial charge in [0.2, 0.25) is 0 Å². The first kappa shape index (κ1) is 16.4. The Morgan fingerprint density at radius 2 is 2.00 bits per heavy atom. The molecule has 1 atom stereocenters. The minimum Gasteiger partial charge on any atom is -0.465 e. The molecule has 0 saturated carbocycles. The van der Waals surface area contributed by atoms with Crippen molar-refractivity contribution < 1.29 is 9.53 Å². The van der Waals surface area contributed by atoms with Crippen molar-refractivity contribution in [1.82, 2.24) is 4.90 Å². The highest BCUT2D eigenvalue weighted by molar-refractivity contribution is 5.79. The maximum Gasteiger partial charge on any atom is 0.325 e. The molecule has 0 fully saturated rings. The summed E-state index contributed by atoms with van der Waals surface area (Å²) in [6, 6.07) is 0.534. The van der Waals surface area contributed by atoms with Crippen molar-refractivity contribution in [2.75, 3.05) is 19.7 Å². The molecular weight excluding hydrogens is 216 g/mol. The minimum absolute atomic E-state index is 0.299. The molecule has 1 unspecified atom stereocenters. The van der Waals surface area contributed by atoms with E-state index in [1.54, 1.807) is 13.8 Å². The van der Waals surface area contributed by atoms with Crippen molar-refractivity contribution in [3.05, 3.63) is 0 Å². The maximum atomic E-state index is 11.6. The lowest BCUT2D eigenvalue weighted by Gasteiger charge is -2.27. The zero-order valence-corrected chi connectivity index (χ0v) is 12.0. The molecule has 0 aromatic rings. The van der Waals surface area contributed by atoms with Gasteiger partial charge < -0.3 is 15.4 Å². The van der Waals surface area contributed by atoms with Crippen LogP contribution < -0.4 is 5.73 Å². The van der Waals surface area contributed by atoms with Crippen LogP contribution in [0.15, 0.2) is 0 Å². The second-order valence-electron chi connectivity index (χ2n) is 4.96. The molecule has 0 aromatic heterocycles. The highest BCUT2D eigenvalue weighted by atomic mass is 16.5. The summed E-state index contributed by atoms with van der Waals surface area (Å²) >= 11 is 0. The summed E-state index contributed by atoms with van der Waals surface area (Å²) in [6.07, 6.45) is 1.58. The number of hydrogen-bond acceptors (Lipinski definition) is 4. The Balaban J connectivity index is 4.05. The van der Waals surface area contributed by atoms with E-state index in [0.717, 1.165) is 19.5 Å². The molecule has 4 heteroatoms. The second-order valence-corrected chi connectivity index (χ2v) is 4.96. The molecule has 0 rings (SSSR count). The third-order valence-corrected chi connectivity index (χ3v) is 3.02. The quantitative estimate of drug-likeness (QED) is 0.661. The molecular formula is C13H28N2O2. The van der Waals surface area contributed by atoms with Crippen LogP contribution in [0, 0.1) is 0 Å². The van der Waals surface area contributed by atoms with Gasteiger partial charge in [0, 0.05) is 6.04 Å². The van der Waals surface area contributed by atoms with Crippen molar-refractivity contribution in [2.24, 2.45) is 5.73 Å². The predicted octanol–water partition coefficient (Wildman–Crippen LogP) is 1.78. The van der Waals surface area contributed by atoms with Crippen molar-refractivity contribution in [3.8, 4) is 0 Å². The van der Waals surface area contributed by atoms with Crippen LogP contribution in [0.2, 0.25) is 0 Å². The van der Waals surface area contributed by atoms with Crippen molar-refractivity contribution >= 4 is 5.97 Å². The summed E-state index contributed by atoms with van der Waals surface area (Å²) in [4.78, 5) is 13.9. The molecule has 0 heterocycles. The van der Waals surface area contributed by atoms with Crippen LogP contribution in [0.4, 0.5) is 0 Å². The molecule has 2 N–H and O–H groups in total. The second kappa shape index (κ2) is 7.67. The normalized spacial score (nSPS) is 15.1. The molecule has 0 aliphatic heterocycles. The van der Waals surface area contributed by atoms with E-state index in [2.05, 4.69) is 25.7 Å². The number of carbonyl (C=O) groups excluding carboxylic acids is 1. The van der Waals surface area contributed by atoms with Crippen molar-refractivity contribution in [3.63, 3.8) is 0 Å². The number of rotatable bonds is 8. The number of ether oxygens (including phenoxy) is 1. The zero-order chi connectivity index (χ0) is 13.5. The SMILES string of the molecule is CCOC(=O)C(C)(N)CCCN(CC)C(C)C. The number of nitrogens with two attached hydrogens (primary N) is 1. The monoisotopic (exact) mass is 244 g/mol. The van der Waals surface area contributed by atoms with Crippen LogP contribution in [0.5, 0.6) is 0 Å². The predicted molar refractivity (Wildman–Crippen MR) is 70.8 cm³/mol. The van der Waals surface area contributed by atoms with Crippen LogP contribution in [0.1, 0.15) is 47.5 Å². The van der Waals surface area contributed by atoms with Gasteiger partial charge in [-0.3, -0.25) is 4.79 Å². The topological polar surface area (TPSA) is 55.6 Å². The molecule has 17 heavy (non-hydrogen) atoms. The number of hydrogen-bond donors (Lipinski definition) is 1. The lowest BCUT2D eigenvalue weighted by Crippen LogP contribution is -2.46. The lowest BCUT2D eigenvalue weighted by atomic mass is 9.97. The molecule has 0 bridgehead atoms. The van der Waals surface area contributed by atoms with Crippen LogP contribution in [0.25, 0.3) is 0 Å². The minimum atomic E-state index is -0.855. The van der Waals surface area contributed by atoms with Gasteiger partial charge in [-0.25, -0.2) is 0 Å². The molecule has 0 amide bonds. The van der Waals surface area contributed by atoms with E-state index < -0.39 is 5.54 Å². The van der Waals surface area contributed by atoms with E-state index in [4.69, 9.17) is 10.5 Å². The van der Waals surface area contributed by atoms with Gasteiger partial charge in [-0.2, -0.15) is 0 Å². The fourth-order valence-corrected chi connectivity index (χ4v) is 1.83. The molecule has 0 aromatic carbocycles. The molecule has 0 aliphatic rings. The highest BCUT2D eigenvalue weighted by Crippen LogP contribution is 2.12. The standard InChI is InChI=1S/C13H28N2O2/c1-6-15(11(3)4)10-8-9-13(5,14)12(16)17-7-2/h11H,6-10,14H2,1-5H3. The summed E-state index contributed by atoms with van der Waals surface area (Å²) in [7, 11) is 0. The van der Waals surface area contributed by atoms with E-state index in [-0.39, 0.29) is 5.97 Å². The lowest BCUT2D eigenvalue weighted by molar-refractivity contribution is -0.149. The molecule has 0 radical (unpaired) electrons.